The second-order valence-electron chi connectivity index (χ2n) is 4.09. The molecule has 0 aliphatic carbocycles. The molecule has 7 heteroatoms. The van der Waals surface area contributed by atoms with E-state index in [2.05, 4.69) is 9.97 Å². The number of hydrogen-bond donors (Lipinski definition) is 1. The first-order chi connectivity index (χ1) is 8.99. The van der Waals surface area contributed by atoms with Crippen LogP contribution in [-0.2, 0) is 23.1 Å². The van der Waals surface area contributed by atoms with Crippen molar-refractivity contribution >= 4 is 10.2 Å². The lowest BCUT2D eigenvalue weighted by atomic mass is 10.2. The Morgan fingerprint density at radius 1 is 1.32 bits per heavy atom. The molecule has 0 amide bonds. The van der Waals surface area contributed by atoms with Gasteiger partial charge < -0.3 is 0 Å². The van der Waals surface area contributed by atoms with Gasteiger partial charge in [0.25, 0.3) is 0 Å². The average molecular weight is 280 g/mol. The highest BCUT2D eigenvalue weighted by atomic mass is 32.2. The van der Waals surface area contributed by atoms with E-state index < -0.39 is 10.2 Å². The van der Waals surface area contributed by atoms with Crippen molar-refractivity contribution in [3.63, 3.8) is 0 Å². The summed E-state index contributed by atoms with van der Waals surface area (Å²) in [6.07, 6.45) is 4.39. The predicted octanol–water partition coefficient (Wildman–Crippen LogP) is 1.12. The highest BCUT2D eigenvalue weighted by Gasteiger charge is 2.22. The van der Waals surface area contributed by atoms with Gasteiger partial charge in [0.1, 0.15) is 0 Å². The molecule has 0 unspecified atom stereocenters. The van der Waals surface area contributed by atoms with Crippen LogP contribution in [0.1, 0.15) is 25.2 Å². The van der Waals surface area contributed by atoms with Gasteiger partial charge in [0.05, 0.1) is 11.4 Å². The molecule has 2 heterocycles. The van der Waals surface area contributed by atoms with Crippen molar-refractivity contribution in [1.29, 1.82) is 0 Å². The first-order valence-corrected chi connectivity index (χ1v) is 7.53. The number of pyridine rings is 1. The van der Waals surface area contributed by atoms with E-state index in [1.54, 1.807) is 24.5 Å². The molecule has 6 nitrogen and oxygen atoms in total. The van der Waals surface area contributed by atoms with E-state index in [1.165, 1.54) is 0 Å². The van der Waals surface area contributed by atoms with Crippen LogP contribution in [-0.4, -0.2) is 22.4 Å². The fraction of sp³-hybridized carbons (Fsp3) is 0.333. The van der Waals surface area contributed by atoms with Crippen LogP contribution in [0.5, 0.6) is 0 Å². The molecule has 102 valence electrons. The summed E-state index contributed by atoms with van der Waals surface area (Å²) in [4.78, 5) is 8.39. The molecule has 2 N–H and O–H groups in total. The van der Waals surface area contributed by atoms with Gasteiger partial charge >= 0.3 is 10.2 Å². The number of aryl methyl sites for hydroxylation is 1. The molecular formula is C12H16N4O2S. The Kier molecular flexibility index (Phi) is 3.68. The van der Waals surface area contributed by atoms with Crippen LogP contribution in [0.2, 0.25) is 0 Å². The third-order valence-electron chi connectivity index (χ3n) is 2.86. The summed E-state index contributed by atoms with van der Waals surface area (Å²) in [5.41, 5.74) is 2.00. The van der Waals surface area contributed by atoms with E-state index in [-0.39, 0.29) is 0 Å². The van der Waals surface area contributed by atoms with Crippen molar-refractivity contribution in [3.8, 4) is 11.4 Å². The number of nitrogens with two attached hydrogens (primary N) is 1. The average Bonchev–Trinajstić information content (AvgIpc) is 2.78. The Morgan fingerprint density at radius 2 is 2.05 bits per heavy atom. The Balaban J connectivity index is 2.78. The van der Waals surface area contributed by atoms with E-state index in [0.717, 1.165) is 9.67 Å². The Labute approximate surface area is 112 Å². The summed E-state index contributed by atoms with van der Waals surface area (Å²) in [6.45, 7) is 3.81. The number of aromatic nitrogens is 3. The predicted molar refractivity (Wildman–Crippen MR) is 72.7 cm³/mol. The van der Waals surface area contributed by atoms with Crippen molar-refractivity contribution in [2.75, 3.05) is 0 Å². The maximum absolute atomic E-state index is 11.8. The molecule has 19 heavy (non-hydrogen) atoms. The van der Waals surface area contributed by atoms with Gasteiger partial charge in [-0.3, -0.25) is 4.98 Å². The fourth-order valence-corrected chi connectivity index (χ4v) is 2.99. The highest BCUT2D eigenvalue weighted by molar-refractivity contribution is 7.87. The molecule has 0 aliphatic rings. The summed E-state index contributed by atoms with van der Waals surface area (Å²) in [6, 6.07) is 3.49. The maximum atomic E-state index is 11.8. The molecule has 0 atom stereocenters. The normalized spacial score (nSPS) is 11.7. The summed E-state index contributed by atoms with van der Waals surface area (Å²) in [5.74, 6) is 0.323. The number of rotatable bonds is 4. The van der Waals surface area contributed by atoms with Gasteiger partial charge in [-0.15, -0.1) is 0 Å². The third-order valence-corrected chi connectivity index (χ3v) is 3.76. The number of imidazole rings is 1. The van der Waals surface area contributed by atoms with Gasteiger partial charge in [-0.25, -0.2) is 14.1 Å². The molecular weight excluding hydrogens is 264 g/mol. The lowest BCUT2D eigenvalue weighted by molar-refractivity contribution is 0.587. The zero-order valence-electron chi connectivity index (χ0n) is 10.9. The van der Waals surface area contributed by atoms with Crippen LogP contribution in [0.4, 0.5) is 0 Å². The lowest BCUT2D eigenvalue weighted by Crippen LogP contribution is -2.24. The van der Waals surface area contributed by atoms with Gasteiger partial charge in [0, 0.05) is 18.0 Å². The molecule has 0 aromatic carbocycles. The molecule has 0 fully saturated rings. The van der Waals surface area contributed by atoms with Crippen molar-refractivity contribution in [2.45, 2.75) is 26.7 Å². The molecule has 0 radical (unpaired) electrons. The SMILES string of the molecule is CCc1nc(-c2cccnc2)n(S(N)(=O)=O)c1CC. The van der Waals surface area contributed by atoms with Crippen LogP contribution in [0.15, 0.2) is 24.5 Å². The Morgan fingerprint density at radius 3 is 2.53 bits per heavy atom. The second kappa shape index (κ2) is 5.10. The minimum absolute atomic E-state index is 0.323. The number of nitrogens with zero attached hydrogens (tertiary/aromatic N) is 3. The van der Waals surface area contributed by atoms with E-state index in [1.807, 2.05) is 13.8 Å². The third kappa shape index (κ3) is 2.52. The van der Waals surface area contributed by atoms with Gasteiger partial charge in [0.2, 0.25) is 0 Å². The molecule has 0 bridgehead atoms. The smallest absolute Gasteiger partial charge is 0.264 e. The van der Waals surface area contributed by atoms with Gasteiger partial charge in [-0.1, -0.05) is 13.8 Å². The molecule has 2 aromatic rings. The molecule has 0 saturated heterocycles. The number of hydrogen-bond acceptors (Lipinski definition) is 4. The van der Waals surface area contributed by atoms with Crippen LogP contribution in [0, 0.1) is 0 Å². The zero-order chi connectivity index (χ0) is 14.0. The molecule has 2 aromatic heterocycles. The minimum Gasteiger partial charge on any atom is -0.264 e. The summed E-state index contributed by atoms with van der Waals surface area (Å²) in [5, 5.41) is 5.31. The Hall–Kier alpha value is -1.73. The molecule has 0 aliphatic heterocycles. The van der Waals surface area contributed by atoms with E-state index in [4.69, 9.17) is 5.14 Å². The van der Waals surface area contributed by atoms with Crippen LogP contribution < -0.4 is 5.14 Å². The van der Waals surface area contributed by atoms with Gasteiger partial charge in [-0.2, -0.15) is 8.42 Å². The molecule has 0 spiro atoms. The van der Waals surface area contributed by atoms with Crippen LogP contribution in [0.3, 0.4) is 0 Å². The van der Waals surface area contributed by atoms with Crippen molar-refractivity contribution < 1.29 is 8.42 Å². The first kappa shape index (κ1) is 13.7. The lowest BCUT2D eigenvalue weighted by Gasteiger charge is -2.08. The molecule has 2 rings (SSSR count). The zero-order valence-corrected chi connectivity index (χ0v) is 11.7. The fourth-order valence-electron chi connectivity index (χ4n) is 2.06. The molecule has 0 saturated carbocycles. The maximum Gasteiger partial charge on any atom is 0.304 e. The first-order valence-electron chi connectivity index (χ1n) is 6.03. The van der Waals surface area contributed by atoms with Crippen molar-refractivity contribution in [2.24, 2.45) is 5.14 Å². The second-order valence-corrected chi connectivity index (χ2v) is 5.48. The van der Waals surface area contributed by atoms with Crippen LogP contribution in [0.25, 0.3) is 11.4 Å². The van der Waals surface area contributed by atoms with E-state index >= 15 is 0 Å². The Bertz CT molecular complexity index is 677. The summed E-state index contributed by atoms with van der Waals surface area (Å²) >= 11 is 0. The van der Waals surface area contributed by atoms with Crippen LogP contribution >= 0.6 is 0 Å². The highest BCUT2D eigenvalue weighted by Crippen LogP contribution is 2.23. The van der Waals surface area contributed by atoms with E-state index in [0.29, 0.717) is 29.9 Å². The van der Waals surface area contributed by atoms with E-state index in [9.17, 15) is 8.42 Å². The quantitative estimate of drug-likeness (QED) is 0.908. The standard InChI is InChI=1S/C12H16N4O2S/c1-3-10-11(4-2)16(19(13,17)18)12(15-10)9-6-5-7-14-8-9/h5-8H,3-4H2,1-2H3,(H2,13,17,18). The largest absolute Gasteiger partial charge is 0.304 e. The summed E-state index contributed by atoms with van der Waals surface area (Å²) < 4.78 is 24.7. The van der Waals surface area contributed by atoms with Gasteiger partial charge in [-0.05, 0) is 25.0 Å². The van der Waals surface area contributed by atoms with Gasteiger partial charge in [0.15, 0.2) is 5.82 Å². The summed E-state index contributed by atoms with van der Waals surface area (Å²) in [7, 11) is -3.89. The topological polar surface area (TPSA) is 90.9 Å². The minimum atomic E-state index is -3.89. The van der Waals surface area contributed by atoms with Crippen molar-refractivity contribution in [3.05, 3.63) is 35.9 Å². The van der Waals surface area contributed by atoms with Crippen molar-refractivity contribution in [1.82, 2.24) is 13.9 Å². The monoisotopic (exact) mass is 280 g/mol.